The van der Waals surface area contributed by atoms with Gasteiger partial charge in [-0.1, -0.05) is 11.6 Å². The van der Waals surface area contributed by atoms with Crippen molar-refractivity contribution in [2.75, 3.05) is 0 Å². The number of halogens is 1. The lowest BCUT2D eigenvalue weighted by atomic mass is 10.1. The number of aryl methyl sites for hydroxylation is 2. The number of hydrogen-bond acceptors (Lipinski definition) is 4. The number of aromatic nitrogens is 4. The predicted octanol–water partition coefficient (Wildman–Crippen LogP) is 2.11. The van der Waals surface area contributed by atoms with E-state index in [4.69, 9.17) is 16.9 Å². The highest BCUT2D eigenvalue weighted by atomic mass is 35.5. The molecule has 0 unspecified atom stereocenters. The van der Waals surface area contributed by atoms with E-state index in [0.717, 1.165) is 11.3 Å². The van der Waals surface area contributed by atoms with E-state index in [2.05, 4.69) is 21.4 Å². The summed E-state index contributed by atoms with van der Waals surface area (Å²) in [5, 5.41) is 21.9. The van der Waals surface area contributed by atoms with Gasteiger partial charge in [0.2, 0.25) is 0 Å². The summed E-state index contributed by atoms with van der Waals surface area (Å²) in [5.74, 6) is 0.408. The Kier molecular flexibility index (Phi) is 2.82. The van der Waals surface area contributed by atoms with E-state index in [-0.39, 0.29) is 0 Å². The Labute approximate surface area is 104 Å². The van der Waals surface area contributed by atoms with Gasteiger partial charge in [-0.3, -0.25) is 0 Å². The molecule has 0 N–H and O–H groups in total. The Morgan fingerprint density at radius 1 is 1.24 bits per heavy atom. The summed E-state index contributed by atoms with van der Waals surface area (Å²) >= 11 is 5.93. The summed E-state index contributed by atoms with van der Waals surface area (Å²) in [6.45, 7) is 5.44. The van der Waals surface area contributed by atoms with Crippen LogP contribution in [0.1, 0.15) is 22.5 Å². The van der Waals surface area contributed by atoms with Crippen LogP contribution in [0.15, 0.2) is 6.20 Å². The first-order valence-electron chi connectivity index (χ1n) is 5.00. The summed E-state index contributed by atoms with van der Waals surface area (Å²) in [6, 6.07) is 2.13. The van der Waals surface area contributed by atoms with E-state index in [9.17, 15) is 0 Å². The molecule has 6 heteroatoms. The summed E-state index contributed by atoms with van der Waals surface area (Å²) in [6.07, 6.45) is 1.62. The van der Waals surface area contributed by atoms with Crippen LogP contribution in [0.5, 0.6) is 0 Å². The molecule has 0 fully saturated rings. The molecule has 86 valence electrons. The van der Waals surface area contributed by atoms with E-state index < -0.39 is 0 Å². The summed E-state index contributed by atoms with van der Waals surface area (Å²) < 4.78 is 1.48. The zero-order valence-corrected chi connectivity index (χ0v) is 10.4. The Hall–Kier alpha value is -1.93. The van der Waals surface area contributed by atoms with Gasteiger partial charge < -0.3 is 0 Å². The molecule has 0 aliphatic heterocycles. The molecular formula is C11H10ClN5. The minimum Gasteiger partial charge on any atom is -0.218 e. The Morgan fingerprint density at radius 2 is 1.94 bits per heavy atom. The summed E-state index contributed by atoms with van der Waals surface area (Å²) in [4.78, 5) is 0. The van der Waals surface area contributed by atoms with Crippen molar-refractivity contribution in [2.24, 2.45) is 0 Å². The molecule has 2 aromatic heterocycles. The van der Waals surface area contributed by atoms with Gasteiger partial charge in [0.15, 0.2) is 5.82 Å². The fourth-order valence-corrected chi connectivity index (χ4v) is 1.57. The van der Waals surface area contributed by atoms with Crippen molar-refractivity contribution < 1.29 is 0 Å². The average molecular weight is 248 g/mol. The number of nitrogens with zero attached hydrogens (tertiary/aromatic N) is 5. The van der Waals surface area contributed by atoms with Gasteiger partial charge in [0.1, 0.15) is 11.6 Å². The molecular weight excluding hydrogens is 238 g/mol. The van der Waals surface area contributed by atoms with Crippen molar-refractivity contribution in [3.05, 3.63) is 33.7 Å². The highest BCUT2D eigenvalue weighted by Gasteiger charge is 2.14. The minimum atomic E-state index is 0.408. The van der Waals surface area contributed by atoms with Crippen LogP contribution < -0.4 is 0 Å². The predicted molar refractivity (Wildman–Crippen MR) is 63.1 cm³/mol. The Bertz CT molecular complexity index is 604. The van der Waals surface area contributed by atoms with E-state index in [1.165, 1.54) is 4.68 Å². The monoisotopic (exact) mass is 247 g/mol. The van der Waals surface area contributed by atoms with Crippen molar-refractivity contribution in [3.63, 3.8) is 0 Å². The second kappa shape index (κ2) is 4.15. The molecule has 0 saturated heterocycles. The van der Waals surface area contributed by atoms with Gasteiger partial charge in [0.05, 0.1) is 22.6 Å². The van der Waals surface area contributed by atoms with Crippen LogP contribution in [0, 0.1) is 32.1 Å². The second-order valence-corrected chi connectivity index (χ2v) is 4.14. The number of nitriles is 1. The second-order valence-electron chi connectivity index (χ2n) is 3.73. The quantitative estimate of drug-likeness (QED) is 0.774. The van der Waals surface area contributed by atoms with Gasteiger partial charge in [-0.15, -0.1) is 5.10 Å². The first-order chi connectivity index (χ1) is 8.04. The summed E-state index contributed by atoms with van der Waals surface area (Å²) in [5.41, 5.74) is 2.70. The zero-order chi connectivity index (χ0) is 12.6. The van der Waals surface area contributed by atoms with Gasteiger partial charge in [0, 0.05) is 0 Å². The van der Waals surface area contributed by atoms with Crippen molar-refractivity contribution in [2.45, 2.75) is 20.8 Å². The van der Waals surface area contributed by atoms with Crippen molar-refractivity contribution >= 4 is 11.6 Å². The van der Waals surface area contributed by atoms with Crippen LogP contribution in [0.3, 0.4) is 0 Å². The van der Waals surface area contributed by atoms with E-state index >= 15 is 0 Å². The molecule has 0 radical (unpaired) electrons. The van der Waals surface area contributed by atoms with E-state index in [0.29, 0.717) is 22.1 Å². The number of rotatable bonds is 1. The molecule has 17 heavy (non-hydrogen) atoms. The third-order valence-corrected chi connectivity index (χ3v) is 2.97. The normalized spacial score (nSPS) is 10.3. The lowest BCUT2D eigenvalue weighted by Gasteiger charge is -2.06. The topological polar surface area (TPSA) is 67.4 Å². The van der Waals surface area contributed by atoms with Gasteiger partial charge in [-0.05, 0) is 26.3 Å². The van der Waals surface area contributed by atoms with Crippen LogP contribution in [-0.2, 0) is 0 Å². The highest BCUT2D eigenvalue weighted by Crippen LogP contribution is 2.19. The third kappa shape index (κ3) is 1.87. The smallest absolute Gasteiger partial charge is 0.193 e. The maximum atomic E-state index is 9.17. The Morgan fingerprint density at radius 3 is 2.47 bits per heavy atom. The van der Waals surface area contributed by atoms with Crippen molar-refractivity contribution in [3.8, 4) is 11.9 Å². The lowest BCUT2D eigenvalue weighted by molar-refractivity contribution is 0.788. The van der Waals surface area contributed by atoms with Gasteiger partial charge in [-0.25, -0.2) is 4.68 Å². The van der Waals surface area contributed by atoms with Crippen LogP contribution in [0.4, 0.5) is 0 Å². The molecule has 0 spiro atoms. The first kappa shape index (κ1) is 11.6. The molecule has 2 aromatic rings. The fourth-order valence-electron chi connectivity index (χ4n) is 1.44. The van der Waals surface area contributed by atoms with Gasteiger partial charge >= 0.3 is 0 Å². The van der Waals surface area contributed by atoms with E-state index in [1.807, 2.05) is 13.8 Å². The lowest BCUT2D eigenvalue weighted by Crippen LogP contribution is -2.07. The van der Waals surface area contributed by atoms with Crippen LogP contribution >= 0.6 is 11.6 Å². The minimum absolute atomic E-state index is 0.408. The van der Waals surface area contributed by atoms with Gasteiger partial charge in [-0.2, -0.15) is 15.5 Å². The van der Waals surface area contributed by atoms with Gasteiger partial charge in [0.25, 0.3) is 0 Å². The fraction of sp³-hybridized carbons (Fsp3) is 0.273. The van der Waals surface area contributed by atoms with Crippen molar-refractivity contribution in [1.82, 2.24) is 20.0 Å². The molecule has 0 aliphatic carbocycles. The standard InChI is InChI=1S/C11H10ClN5/c1-6-7(2)14-15-11(9(6)4-13)17-5-10(12)8(3)16-17/h5H,1-3H3. The Balaban J connectivity index is 2.68. The SMILES string of the molecule is Cc1nn(-c2nnc(C)c(C)c2C#N)cc1Cl. The van der Waals surface area contributed by atoms with Crippen LogP contribution in [-0.4, -0.2) is 20.0 Å². The third-order valence-electron chi connectivity index (χ3n) is 2.60. The van der Waals surface area contributed by atoms with Crippen LogP contribution in [0.25, 0.3) is 5.82 Å². The molecule has 0 aliphatic rings. The molecule has 0 saturated carbocycles. The molecule has 2 heterocycles. The molecule has 0 bridgehead atoms. The molecule has 2 rings (SSSR count). The number of hydrogen-bond donors (Lipinski definition) is 0. The largest absolute Gasteiger partial charge is 0.218 e. The molecule has 0 atom stereocenters. The van der Waals surface area contributed by atoms with Crippen molar-refractivity contribution in [1.29, 1.82) is 5.26 Å². The molecule has 0 aromatic carbocycles. The van der Waals surface area contributed by atoms with Crippen LogP contribution in [0.2, 0.25) is 5.02 Å². The highest BCUT2D eigenvalue weighted by molar-refractivity contribution is 6.31. The first-order valence-corrected chi connectivity index (χ1v) is 5.38. The van der Waals surface area contributed by atoms with E-state index in [1.54, 1.807) is 13.1 Å². The molecule has 5 nitrogen and oxygen atoms in total. The maximum Gasteiger partial charge on any atom is 0.193 e. The zero-order valence-electron chi connectivity index (χ0n) is 9.69. The summed E-state index contributed by atoms with van der Waals surface area (Å²) in [7, 11) is 0. The molecule has 0 amide bonds. The average Bonchev–Trinajstić information content (AvgIpc) is 2.62. The maximum absolute atomic E-state index is 9.17.